The van der Waals surface area contributed by atoms with Gasteiger partial charge in [-0.25, -0.2) is 8.78 Å². The maximum atomic E-state index is 15.0. The summed E-state index contributed by atoms with van der Waals surface area (Å²) >= 11 is 5.74. The molecule has 0 radical (unpaired) electrons. The summed E-state index contributed by atoms with van der Waals surface area (Å²) in [5, 5.41) is -0.306. The van der Waals surface area contributed by atoms with Crippen LogP contribution >= 0.6 is 11.6 Å². The third-order valence-corrected chi connectivity index (χ3v) is 5.62. The molecule has 2 unspecified atom stereocenters. The molecule has 0 aliphatic carbocycles. The van der Waals surface area contributed by atoms with Crippen LogP contribution in [0.2, 0.25) is 5.02 Å². The number of primary amides is 1. The van der Waals surface area contributed by atoms with Gasteiger partial charge in [-0.3, -0.25) is 4.79 Å². The van der Waals surface area contributed by atoms with Crippen LogP contribution in [0.5, 0.6) is 0 Å². The van der Waals surface area contributed by atoms with E-state index in [1.54, 1.807) is 18.2 Å². The Hall–Kier alpha value is -2.76. The van der Waals surface area contributed by atoms with Crippen molar-refractivity contribution < 1.29 is 18.3 Å². The van der Waals surface area contributed by atoms with Crippen LogP contribution in [0.15, 0.2) is 54.6 Å². The lowest BCUT2D eigenvalue weighted by atomic mass is 9.73. The summed E-state index contributed by atoms with van der Waals surface area (Å²) in [6, 6.07) is 15.1. The van der Waals surface area contributed by atoms with Crippen molar-refractivity contribution in [1.29, 1.82) is 0 Å². The van der Waals surface area contributed by atoms with Crippen molar-refractivity contribution in [2.24, 2.45) is 5.73 Å². The number of ether oxygens (including phenoxy) is 1. The number of halogens is 3. The smallest absolute Gasteiger partial charge is 0.248 e. The molecule has 2 heterocycles. The van der Waals surface area contributed by atoms with E-state index in [-0.39, 0.29) is 16.1 Å². The monoisotopic (exact) mass is 383 g/mol. The minimum Gasteiger partial charge on any atom is -0.366 e. The van der Waals surface area contributed by atoms with E-state index in [1.165, 1.54) is 12.1 Å². The van der Waals surface area contributed by atoms with Gasteiger partial charge < -0.3 is 10.5 Å². The lowest BCUT2D eigenvalue weighted by Gasteiger charge is -2.30. The Balaban J connectivity index is 1.88. The van der Waals surface area contributed by atoms with Gasteiger partial charge in [-0.1, -0.05) is 48.0 Å². The summed E-state index contributed by atoms with van der Waals surface area (Å²) in [5.74, 6) is -2.81. The molecule has 6 heteroatoms. The van der Waals surface area contributed by atoms with Gasteiger partial charge in [-0.2, -0.15) is 0 Å². The van der Waals surface area contributed by atoms with E-state index in [2.05, 4.69) is 0 Å². The highest BCUT2D eigenvalue weighted by Gasteiger charge is 2.56. The molecular weight excluding hydrogens is 372 g/mol. The molecule has 5 rings (SSSR count). The minimum atomic E-state index is -1.36. The number of carbonyl (C=O) groups is 1. The first-order chi connectivity index (χ1) is 12.9. The van der Waals surface area contributed by atoms with Crippen molar-refractivity contribution in [2.75, 3.05) is 0 Å². The number of hydrogen-bond donors (Lipinski definition) is 1. The summed E-state index contributed by atoms with van der Waals surface area (Å²) in [4.78, 5) is 11.7. The zero-order chi connectivity index (χ0) is 18.9. The van der Waals surface area contributed by atoms with E-state index in [0.717, 1.165) is 11.1 Å². The van der Waals surface area contributed by atoms with Gasteiger partial charge in [-0.15, -0.1) is 0 Å². The van der Waals surface area contributed by atoms with Gasteiger partial charge in [0, 0.05) is 11.1 Å². The second kappa shape index (κ2) is 5.38. The van der Waals surface area contributed by atoms with Crippen LogP contribution in [-0.2, 0) is 10.3 Å². The second-order valence-corrected chi connectivity index (χ2v) is 7.06. The van der Waals surface area contributed by atoms with Crippen LogP contribution in [0.1, 0.15) is 44.3 Å². The van der Waals surface area contributed by atoms with E-state index in [9.17, 15) is 13.6 Å². The van der Waals surface area contributed by atoms with Crippen LogP contribution in [0.3, 0.4) is 0 Å². The fraction of sp³-hybridized carbons (Fsp3) is 0.0952. The van der Waals surface area contributed by atoms with Crippen LogP contribution in [0.4, 0.5) is 8.78 Å². The summed E-state index contributed by atoms with van der Waals surface area (Å²) in [6.07, 6.45) is -0.434. The van der Waals surface area contributed by atoms with Crippen molar-refractivity contribution in [3.05, 3.63) is 105 Å². The first kappa shape index (κ1) is 16.4. The molecule has 1 amide bonds. The number of benzene rings is 3. The van der Waals surface area contributed by atoms with E-state index < -0.39 is 29.2 Å². The molecule has 2 aliphatic heterocycles. The van der Waals surface area contributed by atoms with Gasteiger partial charge >= 0.3 is 0 Å². The highest BCUT2D eigenvalue weighted by molar-refractivity contribution is 6.30. The lowest BCUT2D eigenvalue weighted by molar-refractivity contribution is 0.0220. The fourth-order valence-corrected chi connectivity index (χ4v) is 4.33. The Morgan fingerprint density at radius 1 is 0.963 bits per heavy atom. The molecule has 134 valence electrons. The average molecular weight is 384 g/mol. The van der Waals surface area contributed by atoms with Crippen molar-refractivity contribution in [3.63, 3.8) is 0 Å². The number of amides is 1. The molecule has 0 spiro atoms. The van der Waals surface area contributed by atoms with Crippen LogP contribution in [0, 0.1) is 11.6 Å². The highest BCUT2D eigenvalue weighted by atomic mass is 35.5. The van der Waals surface area contributed by atoms with E-state index in [0.29, 0.717) is 11.1 Å². The number of nitrogens with two attached hydrogens (primary N) is 1. The summed E-state index contributed by atoms with van der Waals surface area (Å²) < 4.78 is 35.6. The number of rotatable bonds is 2. The molecule has 0 fully saturated rings. The number of fused-ring (bicyclic) bond motifs is 8. The molecule has 0 saturated carbocycles. The van der Waals surface area contributed by atoms with Crippen molar-refractivity contribution in [3.8, 4) is 0 Å². The SMILES string of the molecule is NC(=O)c1ccc2c(c1)C1(c3ccc(Cl)c(F)c3F)OC2c2ccccc21. The standard InChI is InChI=1S/C21H12ClF2NO2/c22-16-8-7-14(17(23)18(16)24)21-13-4-2-1-3-11(13)19(27-21)12-6-5-10(20(25)26)9-15(12)21/h1-9,19H,(H2,25,26). The zero-order valence-corrected chi connectivity index (χ0v) is 14.6. The summed E-state index contributed by atoms with van der Waals surface area (Å²) in [6.45, 7) is 0. The molecule has 2 aliphatic rings. The molecule has 0 aromatic heterocycles. The summed E-state index contributed by atoms with van der Waals surface area (Å²) in [5.41, 5.74) is 7.33. The Labute approximate surface area is 158 Å². The predicted molar refractivity (Wildman–Crippen MR) is 95.6 cm³/mol. The van der Waals surface area contributed by atoms with Crippen LogP contribution in [-0.4, -0.2) is 5.91 Å². The third kappa shape index (κ3) is 1.95. The normalized spacial score (nSPS) is 21.8. The summed E-state index contributed by atoms with van der Waals surface area (Å²) in [7, 11) is 0. The van der Waals surface area contributed by atoms with E-state index in [4.69, 9.17) is 22.1 Å². The van der Waals surface area contributed by atoms with Gasteiger partial charge in [0.25, 0.3) is 0 Å². The highest BCUT2D eigenvalue weighted by Crippen LogP contribution is 2.61. The first-order valence-corrected chi connectivity index (χ1v) is 8.68. The lowest BCUT2D eigenvalue weighted by Crippen LogP contribution is -2.29. The van der Waals surface area contributed by atoms with Gasteiger partial charge in [-0.05, 0) is 40.5 Å². The van der Waals surface area contributed by atoms with Gasteiger partial charge in [0.2, 0.25) is 5.91 Å². The Kier molecular flexibility index (Phi) is 3.27. The average Bonchev–Trinajstić information content (AvgIpc) is 3.19. The quantitative estimate of drug-likeness (QED) is 0.665. The Morgan fingerprint density at radius 2 is 1.70 bits per heavy atom. The van der Waals surface area contributed by atoms with Gasteiger partial charge in [0.1, 0.15) is 11.7 Å². The largest absolute Gasteiger partial charge is 0.366 e. The topological polar surface area (TPSA) is 52.3 Å². The van der Waals surface area contributed by atoms with Crippen LogP contribution in [0.25, 0.3) is 0 Å². The molecule has 0 saturated heterocycles. The van der Waals surface area contributed by atoms with Crippen molar-refractivity contribution in [1.82, 2.24) is 0 Å². The molecule has 3 nitrogen and oxygen atoms in total. The molecule has 2 bridgehead atoms. The van der Waals surface area contributed by atoms with Gasteiger partial charge in [0.05, 0.1) is 5.02 Å². The minimum absolute atomic E-state index is 0.0136. The Bertz CT molecular complexity index is 1150. The maximum absolute atomic E-state index is 15.0. The maximum Gasteiger partial charge on any atom is 0.248 e. The molecule has 3 aromatic rings. The number of hydrogen-bond acceptors (Lipinski definition) is 2. The van der Waals surface area contributed by atoms with Crippen molar-refractivity contribution in [2.45, 2.75) is 11.7 Å². The van der Waals surface area contributed by atoms with E-state index >= 15 is 0 Å². The Morgan fingerprint density at radius 3 is 2.48 bits per heavy atom. The number of carbonyl (C=O) groups excluding carboxylic acids is 1. The molecular formula is C21H12ClF2NO2. The zero-order valence-electron chi connectivity index (χ0n) is 13.8. The molecule has 3 aromatic carbocycles. The van der Waals surface area contributed by atoms with Crippen LogP contribution < -0.4 is 5.73 Å². The molecule has 2 atom stereocenters. The van der Waals surface area contributed by atoms with Gasteiger partial charge in [0.15, 0.2) is 11.6 Å². The third-order valence-electron chi connectivity index (χ3n) is 5.33. The fourth-order valence-electron chi connectivity index (χ4n) is 4.18. The molecule has 27 heavy (non-hydrogen) atoms. The molecule has 2 N–H and O–H groups in total. The first-order valence-electron chi connectivity index (χ1n) is 8.30. The van der Waals surface area contributed by atoms with Crippen molar-refractivity contribution >= 4 is 17.5 Å². The second-order valence-electron chi connectivity index (χ2n) is 6.66. The van der Waals surface area contributed by atoms with E-state index in [1.807, 2.05) is 24.3 Å². The predicted octanol–water partition coefficient (Wildman–Crippen LogP) is 4.44.